The van der Waals surface area contributed by atoms with E-state index in [1.165, 1.54) is 50.2 Å². The number of hydrogen-bond acceptors (Lipinski definition) is 5. The molecule has 7 heteroatoms. The lowest BCUT2D eigenvalue weighted by Gasteiger charge is -2.57. The molecule has 2 aromatic rings. The highest BCUT2D eigenvalue weighted by atomic mass is 16.5. The monoisotopic (exact) mass is 528 g/mol. The molecule has 1 atom stereocenters. The second-order valence-corrected chi connectivity index (χ2v) is 11.9. The Bertz CT molecular complexity index is 1310. The van der Waals surface area contributed by atoms with Crippen molar-refractivity contribution in [3.05, 3.63) is 59.2 Å². The van der Waals surface area contributed by atoms with Gasteiger partial charge in [-0.3, -0.25) is 14.9 Å². The summed E-state index contributed by atoms with van der Waals surface area (Å²) in [7, 11) is 1.54. The first-order valence-electron chi connectivity index (χ1n) is 14.2. The number of para-hydroxylation sites is 1. The highest BCUT2D eigenvalue weighted by molar-refractivity contribution is 6.39. The van der Waals surface area contributed by atoms with Gasteiger partial charge in [-0.05, 0) is 105 Å². The fraction of sp³-hybridized carbons (Fsp3) is 0.469. The van der Waals surface area contributed by atoms with E-state index in [1.54, 1.807) is 25.3 Å². The van der Waals surface area contributed by atoms with E-state index in [-0.39, 0.29) is 17.1 Å². The third-order valence-corrected chi connectivity index (χ3v) is 9.30. The van der Waals surface area contributed by atoms with Crippen molar-refractivity contribution >= 4 is 29.6 Å². The van der Waals surface area contributed by atoms with Crippen molar-refractivity contribution in [2.45, 2.75) is 70.3 Å². The van der Waals surface area contributed by atoms with Gasteiger partial charge in [0.15, 0.2) is 11.5 Å². The number of nitrogens with one attached hydrogen (secondary N) is 1. The van der Waals surface area contributed by atoms with Crippen LogP contribution in [0.15, 0.2) is 48.0 Å². The van der Waals surface area contributed by atoms with Crippen molar-refractivity contribution in [1.29, 1.82) is 0 Å². The molecule has 0 spiro atoms. The van der Waals surface area contributed by atoms with E-state index in [0.29, 0.717) is 22.7 Å². The zero-order chi connectivity index (χ0) is 27.3. The number of methoxy groups -OCH3 is 1. The number of amides is 4. The summed E-state index contributed by atoms with van der Waals surface area (Å²) >= 11 is 0. The maximum Gasteiger partial charge on any atom is 0.335 e. The van der Waals surface area contributed by atoms with Crippen LogP contribution < -0.4 is 19.7 Å². The molecule has 0 unspecified atom stereocenters. The van der Waals surface area contributed by atoms with Crippen LogP contribution in [0.2, 0.25) is 0 Å². The normalized spacial score (nSPS) is 29.5. The standard InChI is InChI=1S/C32H36N2O5/c1-4-19(2)39-28-23(6-5-7-27(28)38-3)15-26-29(35)33-31(37)34(30(26)36)25-10-8-24(9-11-25)32-16-20-12-21(17-32)14-22(13-20)18-32/h5-11,15,19-22H,4,12-14,16-18H2,1-3H3,(H,33,35,37)/b26-15+/t19-,20?,21?,22?,32?/m1/s1. The van der Waals surface area contributed by atoms with Crippen molar-refractivity contribution in [2.24, 2.45) is 17.8 Å². The Hall–Kier alpha value is -3.61. The smallest absolute Gasteiger partial charge is 0.335 e. The van der Waals surface area contributed by atoms with Gasteiger partial charge in [0.1, 0.15) is 5.57 Å². The number of hydrogen-bond donors (Lipinski definition) is 1. The van der Waals surface area contributed by atoms with Gasteiger partial charge in [-0.15, -0.1) is 0 Å². The third kappa shape index (κ3) is 4.52. The number of ether oxygens (including phenoxy) is 2. The summed E-state index contributed by atoms with van der Waals surface area (Å²) in [4.78, 5) is 40.4. The summed E-state index contributed by atoms with van der Waals surface area (Å²) in [6.07, 6.45) is 10.00. The van der Waals surface area contributed by atoms with E-state index >= 15 is 0 Å². The molecule has 7 nitrogen and oxygen atoms in total. The maximum absolute atomic E-state index is 13.6. The van der Waals surface area contributed by atoms with Gasteiger partial charge in [0, 0.05) is 5.56 Å². The lowest BCUT2D eigenvalue weighted by molar-refractivity contribution is -0.122. The summed E-state index contributed by atoms with van der Waals surface area (Å²) in [5.41, 5.74) is 2.37. The lowest BCUT2D eigenvalue weighted by atomic mass is 9.48. The van der Waals surface area contributed by atoms with Gasteiger partial charge in [-0.2, -0.15) is 0 Å². The summed E-state index contributed by atoms with van der Waals surface area (Å²) in [6, 6.07) is 12.4. The first kappa shape index (κ1) is 25.7. The summed E-state index contributed by atoms with van der Waals surface area (Å²) in [5.74, 6) is 2.04. The average molecular weight is 529 g/mol. The number of benzene rings is 2. The molecule has 2 aromatic carbocycles. The Morgan fingerprint density at radius 2 is 1.64 bits per heavy atom. The lowest BCUT2D eigenvalue weighted by Crippen LogP contribution is -2.54. The predicted molar refractivity (Wildman–Crippen MR) is 149 cm³/mol. The number of anilines is 1. The zero-order valence-corrected chi connectivity index (χ0v) is 22.9. The molecule has 4 saturated carbocycles. The molecule has 7 rings (SSSR count). The summed E-state index contributed by atoms with van der Waals surface area (Å²) in [6.45, 7) is 3.95. The largest absolute Gasteiger partial charge is 0.493 e. The molecule has 204 valence electrons. The number of carbonyl (C=O) groups is 3. The number of nitrogens with zero attached hydrogens (tertiary/aromatic N) is 1. The van der Waals surface area contributed by atoms with Crippen LogP contribution >= 0.6 is 0 Å². The Balaban J connectivity index is 1.30. The number of imide groups is 2. The van der Waals surface area contributed by atoms with E-state index in [0.717, 1.165) is 29.1 Å². The highest BCUT2D eigenvalue weighted by Gasteiger charge is 2.51. The molecular weight excluding hydrogens is 492 g/mol. The molecular formula is C32H36N2O5. The third-order valence-electron chi connectivity index (χ3n) is 9.30. The van der Waals surface area contributed by atoms with E-state index in [9.17, 15) is 14.4 Å². The van der Waals surface area contributed by atoms with Crippen LogP contribution in [0.4, 0.5) is 10.5 Å². The molecule has 1 saturated heterocycles. The number of carbonyl (C=O) groups excluding carboxylic acids is 3. The topological polar surface area (TPSA) is 84.9 Å². The molecule has 5 aliphatic rings. The minimum Gasteiger partial charge on any atom is -0.493 e. The van der Waals surface area contributed by atoms with Crippen LogP contribution in [0.25, 0.3) is 6.08 Å². The Kier molecular flexibility index (Phi) is 6.48. The Morgan fingerprint density at radius 1 is 1.00 bits per heavy atom. The van der Waals surface area contributed by atoms with Gasteiger partial charge in [0.25, 0.3) is 11.8 Å². The minimum atomic E-state index is -0.744. The summed E-state index contributed by atoms with van der Waals surface area (Å²) in [5, 5.41) is 2.34. The van der Waals surface area contributed by atoms with Crippen molar-refractivity contribution in [3.8, 4) is 11.5 Å². The van der Waals surface area contributed by atoms with Gasteiger partial charge < -0.3 is 9.47 Å². The quantitative estimate of drug-likeness (QED) is 0.352. The molecule has 39 heavy (non-hydrogen) atoms. The molecule has 5 fully saturated rings. The van der Waals surface area contributed by atoms with Gasteiger partial charge in [0.05, 0.1) is 18.9 Å². The molecule has 1 N–H and O–H groups in total. The van der Waals surface area contributed by atoms with Crippen molar-refractivity contribution < 1.29 is 23.9 Å². The first-order valence-corrected chi connectivity index (χ1v) is 14.2. The van der Waals surface area contributed by atoms with Crippen molar-refractivity contribution in [2.75, 3.05) is 12.0 Å². The van der Waals surface area contributed by atoms with Crippen molar-refractivity contribution in [1.82, 2.24) is 5.32 Å². The zero-order valence-electron chi connectivity index (χ0n) is 22.9. The second kappa shape index (κ2) is 9.85. The Morgan fingerprint density at radius 3 is 2.23 bits per heavy atom. The fourth-order valence-electron chi connectivity index (χ4n) is 7.69. The van der Waals surface area contributed by atoms with E-state index in [2.05, 4.69) is 17.4 Å². The van der Waals surface area contributed by atoms with Crippen LogP contribution in [-0.2, 0) is 15.0 Å². The summed E-state index contributed by atoms with van der Waals surface area (Å²) < 4.78 is 11.6. The highest BCUT2D eigenvalue weighted by Crippen LogP contribution is 2.60. The second-order valence-electron chi connectivity index (χ2n) is 11.9. The predicted octanol–water partition coefficient (Wildman–Crippen LogP) is 6.01. The van der Waals surface area contributed by atoms with Crippen LogP contribution in [0.1, 0.15) is 69.9 Å². The molecule has 1 aliphatic heterocycles. The SMILES string of the molecule is CC[C@@H](C)Oc1c(/C=C2\C(=O)NC(=O)N(c3ccc(C45CC6CC(CC(C6)C4)C5)cc3)C2=O)cccc1OC. The average Bonchev–Trinajstić information content (AvgIpc) is 2.91. The molecule has 0 radical (unpaired) electrons. The van der Waals surface area contributed by atoms with Crippen molar-refractivity contribution in [3.63, 3.8) is 0 Å². The first-order chi connectivity index (χ1) is 18.8. The molecule has 1 heterocycles. The van der Waals surface area contributed by atoms with Gasteiger partial charge in [-0.1, -0.05) is 31.2 Å². The number of urea groups is 1. The molecule has 4 aliphatic carbocycles. The van der Waals surface area contributed by atoms with Gasteiger partial charge in [0.2, 0.25) is 0 Å². The van der Waals surface area contributed by atoms with E-state index < -0.39 is 17.8 Å². The van der Waals surface area contributed by atoms with Crippen LogP contribution in [0.3, 0.4) is 0 Å². The van der Waals surface area contributed by atoms with E-state index in [1.807, 2.05) is 26.0 Å². The van der Waals surface area contributed by atoms with E-state index in [4.69, 9.17) is 9.47 Å². The van der Waals surface area contributed by atoms with Gasteiger partial charge >= 0.3 is 6.03 Å². The van der Waals surface area contributed by atoms with Gasteiger partial charge in [-0.25, -0.2) is 9.69 Å². The maximum atomic E-state index is 13.6. The molecule has 4 amide bonds. The minimum absolute atomic E-state index is 0.0973. The fourth-order valence-corrected chi connectivity index (χ4v) is 7.69. The number of rotatable bonds is 7. The van der Waals surface area contributed by atoms with Crippen LogP contribution in [0, 0.1) is 17.8 Å². The van der Waals surface area contributed by atoms with Crippen LogP contribution in [-0.4, -0.2) is 31.1 Å². The van der Waals surface area contributed by atoms with Crippen LogP contribution in [0.5, 0.6) is 11.5 Å². The molecule has 0 aromatic heterocycles. The number of barbiturate groups is 1. The Labute approximate surface area is 229 Å². The molecule has 4 bridgehead atoms.